The van der Waals surface area contributed by atoms with Gasteiger partial charge in [0.2, 0.25) is 5.88 Å². The maximum absolute atomic E-state index is 13.2. The van der Waals surface area contributed by atoms with Crippen LogP contribution in [0.25, 0.3) is 11.1 Å². The number of amides is 1. The Hall–Kier alpha value is -3.17. The van der Waals surface area contributed by atoms with E-state index in [2.05, 4.69) is 27.1 Å². The molecule has 4 heterocycles. The first-order valence-corrected chi connectivity index (χ1v) is 10.9. The first-order valence-electron chi connectivity index (χ1n) is 10.9. The molecule has 3 aromatic rings. The molecule has 1 fully saturated rings. The Morgan fingerprint density at radius 2 is 2.12 bits per heavy atom. The fraction of sp³-hybridized carbons (Fsp3) is 0.435. The van der Waals surface area contributed by atoms with Crippen LogP contribution in [-0.4, -0.2) is 46.2 Å². The number of aromatic nitrogens is 2. The van der Waals surface area contributed by atoms with Crippen molar-refractivity contribution >= 4 is 34.3 Å². The maximum Gasteiger partial charge on any atom is 0.263 e. The Labute approximate surface area is 186 Å². The van der Waals surface area contributed by atoms with Crippen molar-refractivity contribution in [3.8, 4) is 0 Å². The highest BCUT2D eigenvalue weighted by atomic mass is 16.3. The third-order valence-corrected chi connectivity index (χ3v) is 6.00. The highest BCUT2D eigenvalue weighted by molar-refractivity contribution is 6.15. The van der Waals surface area contributed by atoms with Gasteiger partial charge in [0.25, 0.3) is 5.91 Å². The number of nitrogen functional groups attached to an aromatic ring is 1. The van der Waals surface area contributed by atoms with Crippen LogP contribution < -0.4 is 21.7 Å². The molecule has 3 unspecified atom stereocenters. The molecule has 9 nitrogen and oxygen atoms in total. The van der Waals surface area contributed by atoms with E-state index in [0.29, 0.717) is 29.9 Å². The van der Waals surface area contributed by atoms with Gasteiger partial charge in [-0.3, -0.25) is 14.8 Å². The van der Waals surface area contributed by atoms with Crippen molar-refractivity contribution in [2.75, 3.05) is 29.0 Å². The molecule has 9 heteroatoms. The zero-order valence-electron chi connectivity index (χ0n) is 18.6. The fourth-order valence-corrected chi connectivity index (χ4v) is 4.43. The van der Waals surface area contributed by atoms with Crippen LogP contribution in [0, 0.1) is 12.8 Å². The molecule has 6 N–H and O–H groups in total. The van der Waals surface area contributed by atoms with Gasteiger partial charge in [0.05, 0.1) is 23.7 Å². The van der Waals surface area contributed by atoms with E-state index in [9.17, 15) is 9.90 Å². The van der Waals surface area contributed by atoms with Crippen molar-refractivity contribution < 1.29 is 14.3 Å². The lowest BCUT2D eigenvalue weighted by Crippen LogP contribution is -2.55. The van der Waals surface area contributed by atoms with Crippen molar-refractivity contribution in [2.24, 2.45) is 11.7 Å². The minimum atomic E-state index is -0.563. The highest BCUT2D eigenvalue weighted by Gasteiger charge is 2.33. The number of nitrogens with two attached hydrogens (primary N) is 2. The summed E-state index contributed by atoms with van der Waals surface area (Å²) in [5.74, 6) is -0.401. The average molecular weight is 439 g/mol. The molecule has 0 bridgehead atoms. The quantitative estimate of drug-likeness (QED) is 0.476. The molecule has 0 saturated carbocycles. The second-order valence-corrected chi connectivity index (χ2v) is 8.63. The predicted molar refractivity (Wildman–Crippen MR) is 125 cm³/mol. The molecule has 32 heavy (non-hydrogen) atoms. The lowest BCUT2D eigenvalue weighted by Gasteiger charge is -2.41. The van der Waals surface area contributed by atoms with Gasteiger partial charge in [0.1, 0.15) is 11.1 Å². The number of fused-ring (bicyclic) bond motifs is 1. The first-order chi connectivity index (χ1) is 15.3. The number of rotatable bonds is 5. The van der Waals surface area contributed by atoms with E-state index in [-0.39, 0.29) is 23.4 Å². The molecule has 0 aromatic carbocycles. The Morgan fingerprint density at radius 1 is 1.34 bits per heavy atom. The molecule has 1 aliphatic rings. The van der Waals surface area contributed by atoms with Crippen molar-refractivity contribution in [2.45, 2.75) is 45.8 Å². The Balaban J connectivity index is 1.66. The second-order valence-electron chi connectivity index (χ2n) is 8.63. The zero-order valence-corrected chi connectivity index (χ0v) is 18.6. The summed E-state index contributed by atoms with van der Waals surface area (Å²) in [4.78, 5) is 24.0. The summed E-state index contributed by atoms with van der Waals surface area (Å²) in [5, 5.41) is 13.2. The standard InChI is InChI=1S/C23H30N6O3/c1-4-5-14-6-17-19(27-8-14)18(22(25)32-17)23(31)28-16-9-26-7-12(2)20(16)29-10-13(3)21(30)15(24)11-29/h6-9,13,15,21,30H,4-5,10-11,24-25H2,1-3H3,(H,28,31). The van der Waals surface area contributed by atoms with Crippen LogP contribution in [0.4, 0.5) is 17.3 Å². The van der Waals surface area contributed by atoms with E-state index < -0.39 is 12.0 Å². The number of nitrogens with zero attached hydrogens (tertiary/aromatic N) is 3. The number of anilines is 3. The summed E-state index contributed by atoms with van der Waals surface area (Å²) in [7, 11) is 0. The number of carbonyl (C=O) groups excluding carboxylic acids is 1. The van der Waals surface area contributed by atoms with Gasteiger partial charge in [-0.05, 0) is 30.5 Å². The first kappa shape index (κ1) is 22.0. The SMILES string of the molecule is CCCc1cnc2c(C(=O)Nc3cncc(C)c3N3CC(C)C(O)C(N)C3)c(N)oc2c1. The number of pyridine rings is 2. The predicted octanol–water partition coefficient (Wildman–Crippen LogP) is 2.46. The number of piperidine rings is 1. The molecule has 1 saturated heterocycles. The number of hydrogen-bond donors (Lipinski definition) is 4. The number of hydrogen-bond acceptors (Lipinski definition) is 8. The van der Waals surface area contributed by atoms with Crippen LogP contribution in [0.3, 0.4) is 0 Å². The molecule has 3 aromatic heterocycles. The Kier molecular flexibility index (Phi) is 6.03. The van der Waals surface area contributed by atoms with Crippen LogP contribution in [0.2, 0.25) is 0 Å². The fourth-order valence-electron chi connectivity index (χ4n) is 4.43. The van der Waals surface area contributed by atoms with E-state index in [4.69, 9.17) is 15.9 Å². The lowest BCUT2D eigenvalue weighted by molar-refractivity contribution is 0.0785. The Morgan fingerprint density at radius 3 is 2.84 bits per heavy atom. The van der Waals surface area contributed by atoms with E-state index in [1.165, 1.54) is 0 Å². The summed E-state index contributed by atoms with van der Waals surface area (Å²) < 4.78 is 5.64. The monoisotopic (exact) mass is 438 g/mol. The minimum Gasteiger partial charge on any atom is -0.438 e. The average Bonchev–Trinajstić information content (AvgIpc) is 3.07. The normalized spacial score (nSPS) is 21.2. The molecular weight excluding hydrogens is 408 g/mol. The van der Waals surface area contributed by atoms with Crippen molar-refractivity contribution in [3.63, 3.8) is 0 Å². The highest BCUT2D eigenvalue weighted by Crippen LogP contribution is 2.34. The smallest absolute Gasteiger partial charge is 0.263 e. The van der Waals surface area contributed by atoms with E-state index in [0.717, 1.165) is 29.7 Å². The van der Waals surface area contributed by atoms with Gasteiger partial charge in [-0.15, -0.1) is 0 Å². The van der Waals surface area contributed by atoms with Gasteiger partial charge in [-0.2, -0.15) is 0 Å². The van der Waals surface area contributed by atoms with E-state index in [1.807, 2.05) is 19.9 Å². The number of aliphatic hydroxyl groups excluding tert-OH is 1. The molecule has 1 amide bonds. The van der Waals surface area contributed by atoms with Gasteiger partial charge >= 0.3 is 0 Å². The van der Waals surface area contributed by atoms with Crippen molar-refractivity contribution in [1.82, 2.24) is 9.97 Å². The number of carbonyl (C=O) groups is 1. The summed E-state index contributed by atoms with van der Waals surface area (Å²) in [6.45, 7) is 7.06. The molecule has 0 radical (unpaired) electrons. The van der Waals surface area contributed by atoms with Gasteiger partial charge < -0.3 is 31.2 Å². The molecule has 4 rings (SSSR count). The maximum atomic E-state index is 13.2. The van der Waals surface area contributed by atoms with E-state index in [1.54, 1.807) is 18.6 Å². The second kappa shape index (κ2) is 8.76. The van der Waals surface area contributed by atoms with Gasteiger partial charge in [0.15, 0.2) is 5.58 Å². The molecule has 3 atom stereocenters. The largest absolute Gasteiger partial charge is 0.438 e. The molecule has 0 aliphatic carbocycles. The molecular formula is C23H30N6O3. The van der Waals surface area contributed by atoms with Gasteiger partial charge in [-0.1, -0.05) is 20.3 Å². The van der Waals surface area contributed by atoms with Crippen LogP contribution >= 0.6 is 0 Å². The van der Waals surface area contributed by atoms with Crippen LogP contribution in [-0.2, 0) is 6.42 Å². The third kappa shape index (κ3) is 4.01. The van der Waals surface area contributed by atoms with Crippen molar-refractivity contribution in [1.29, 1.82) is 0 Å². The summed E-state index contributed by atoms with van der Waals surface area (Å²) in [6, 6.07) is 1.49. The summed E-state index contributed by atoms with van der Waals surface area (Å²) in [5.41, 5.74) is 16.6. The minimum absolute atomic E-state index is 0.00940. The van der Waals surface area contributed by atoms with Crippen LogP contribution in [0.5, 0.6) is 0 Å². The lowest BCUT2D eigenvalue weighted by atomic mass is 9.92. The van der Waals surface area contributed by atoms with Gasteiger partial charge in [0, 0.05) is 37.4 Å². The van der Waals surface area contributed by atoms with Crippen LogP contribution in [0.1, 0.15) is 41.8 Å². The number of aryl methyl sites for hydroxylation is 2. The number of aliphatic hydroxyl groups is 1. The number of furan rings is 1. The Bertz CT molecular complexity index is 1130. The topological polar surface area (TPSA) is 144 Å². The molecule has 1 aliphatic heterocycles. The number of nitrogens with one attached hydrogen (secondary N) is 1. The molecule has 170 valence electrons. The van der Waals surface area contributed by atoms with Crippen LogP contribution in [0.15, 0.2) is 29.1 Å². The zero-order chi connectivity index (χ0) is 23.0. The van der Waals surface area contributed by atoms with Gasteiger partial charge in [-0.25, -0.2) is 0 Å². The molecule has 0 spiro atoms. The van der Waals surface area contributed by atoms with E-state index >= 15 is 0 Å². The summed E-state index contributed by atoms with van der Waals surface area (Å²) in [6.07, 6.45) is 6.38. The van der Waals surface area contributed by atoms with Crippen molar-refractivity contribution in [3.05, 3.63) is 41.3 Å². The summed E-state index contributed by atoms with van der Waals surface area (Å²) >= 11 is 0. The third-order valence-electron chi connectivity index (χ3n) is 6.00.